The number of carbonyl (C=O) groups is 1. The van der Waals surface area contributed by atoms with E-state index < -0.39 is 0 Å². The molecule has 5 nitrogen and oxygen atoms in total. The minimum atomic E-state index is -0.285. The number of esters is 1. The first kappa shape index (κ1) is 16.9. The molecule has 0 aromatic heterocycles. The molecule has 0 aliphatic carbocycles. The van der Waals surface area contributed by atoms with Gasteiger partial charge in [0.1, 0.15) is 5.82 Å². The number of hydrogen-bond acceptors (Lipinski definition) is 3. The van der Waals surface area contributed by atoms with Gasteiger partial charge in [-0.1, -0.05) is 25.1 Å². The van der Waals surface area contributed by atoms with E-state index in [1.807, 2.05) is 6.92 Å². The van der Waals surface area contributed by atoms with E-state index in [2.05, 4.69) is 20.4 Å². The molecule has 0 spiro atoms. The lowest BCUT2D eigenvalue weighted by atomic mass is 10.2. The maximum atomic E-state index is 13.5. The lowest BCUT2D eigenvalue weighted by Gasteiger charge is -2.14. The third-order valence-corrected chi connectivity index (χ3v) is 2.89. The van der Waals surface area contributed by atoms with Crippen molar-refractivity contribution in [2.75, 3.05) is 20.2 Å². The minimum Gasteiger partial charge on any atom is -0.469 e. The summed E-state index contributed by atoms with van der Waals surface area (Å²) in [5.41, 5.74) is 0.524. The van der Waals surface area contributed by atoms with Gasteiger partial charge in [0.05, 0.1) is 19.6 Å². The summed E-state index contributed by atoms with van der Waals surface area (Å²) in [6.45, 7) is 5.00. The Hall–Kier alpha value is -2.11. The van der Waals surface area contributed by atoms with Gasteiger partial charge in [-0.25, -0.2) is 9.38 Å². The Balaban J connectivity index is 2.62. The van der Waals surface area contributed by atoms with Gasteiger partial charge in [0.15, 0.2) is 5.96 Å². The first-order valence-corrected chi connectivity index (χ1v) is 6.91. The number of benzene rings is 1. The van der Waals surface area contributed by atoms with E-state index in [9.17, 15) is 9.18 Å². The van der Waals surface area contributed by atoms with Gasteiger partial charge < -0.3 is 15.4 Å². The number of nitrogens with zero attached hydrogens (tertiary/aromatic N) is 1. The smallest absolute Gasteiger partial charge is 0.310 e. The molecule has 0 aliphatic rings. The fourth-order valence-electron chi connectivity index (χ4n) is 1.67. The summed E-state index contributed by atoms with van der Waals surface area (Å²) in [6, 6.07) is 6.52. The average molecular weight is 295 g/mol. The Kier molecular flexibility index (Phi) is 7.21. The van der Waals surface area contributed by atoms with Gasteiger partial charge in [0.25, 0.3) is 0 Å². The monoisotopic (exact) mass is 295 g/mol. The predicted octanol–water partition coefficient (Wildman–Crippen LogP) is 1.69. The molecule has 6 heteroatoms. The molecular weight excluding hydrogens is 273 g/mol. The number of ether oxygens (including phenoxy) is 1. The van der Waals surface area contributed by atoms with E-state index in [4.69, 9.17) is 0 Å². The number of halogens is 1. The van der Waals surface area contributed by atoms with Gasteiger partial charge in [0.2, 0.25) is 0 Å². The molecule has 116 valence electrons. The van der Waals surface area contributed by atoms with Crippen LogP contribution in [0, 0.1) is 11.7 Å². The first-order valence-electron chi connectivity index (χ1n) is 6.91. The van der Waals surface area contributed by atoms with Crippen LogP contribution in [0.3, 0.4) is 0 Å². The summed E-state index contributed by atoms with van der Waals surface area (Å²) in [6.07, 6.45) is 0. The zero-order valence-electron chi connectivity index (χ0n) is 12.6. The van der Waals surface area contributed by atoms with Gasteiger partial charge in [-0.3, -0.25) is 4.79 Å². The van der Waals surface area contributed by atoms with Crippen LogP contribution in [0.15, 0.2) is 29.3 Å². The molecule has 1 atom stereocenters. The Bertz CT molecular complexity index is 492. The van der Waals surface area contributed by atoms with Crippen molar-refractivity contribution >= 4 is 11.9 Å². The summed E-state index contributed by atoms with van der Waals surface area (Å²) in [4.78, 5) is 15.6. The maximum absolute atomic E-state index is 13.5. The summed E-state index contributed by atoms with van der Waals surface area (Å²) < 4.78 is 18.2. The molecule has 1 rings (SSSR count). The number of guanidine groups is 1. The van der Waals surface area contributed by atoms with Crippen LogP contribution in [0.2, 0.25) is 0 Å². The van der Waals surface area contributed by atoms with Gasteiger partial charge >= 0.3 is 5.97 Å². The molecule has 1 aromatic rings. The van der Waals surface area contributed by atoms with Gasteiger partial charge in [-0.2, -0.15) is 0 Å². The highest BCUT2D eigenvalue weighted by atomic mass is 19.1. The maximum Gasteiger partial charge on any atom is 0.310 e. The molecule has 0 amide bonds. The molecule has 2 N–H and O–H groups in total. The summed E-state index contributed by atoms with van der Waals surface area (Å²) in [5, 5.41) is 6.09. The van der Waals surface area contributed by atoms with E-state index in [-0.39, 0.29) is 24.2 Å². The highest BCUT2D eigenvalue weighted by Crippen LogP contribution is 2.07. The van der Waals surface area contributed by atoms with Crippen molar-refractivity contribution in [2.24, 2.45) is 10.9 Å². The van der Waals surface area contributed by atoms with Crippen LogP contribution in [0.4, 0.5) is 4.39 Å². The van der Waals surface area contributed by atoms with Crippen molar-refractivity contribution in [3.05, 3.63) is 35.6 Å². The predicted molar refractivity (Wildman–Crippen MR) is 80.4 cm³/mol. The second kappa shape index (κ2) is 8.94. The average Bonchev–Trinajstić information content (AvgIpc) is 2.50. The summed E-state index contributed by atoms with van der Waals surface area (Å²) in [5.74, 6) is -0.309. The van der Waals surface area contributed by atoms with Crippen molar-refractivity contribution in [1.82, 2.24) is 10.6 Å². The third-order valence-electron chi connectivity index (χ3n) is 2.89. The lowest BCUT2D eigenvalue weighted by Crippen LogP contribution is -2.40. The van der Waals surface area contributed by atoms with Crippen LogP contribution in [0.25, 0.3) is 0 Å². The van der Waals surface area contributed by atoms with Crippen LogP contribution in [-0.4, -0.2) is 32.1 Å². The number of aliphatic imine (C=N–C) groups is 1. The Labute approximate surface area is 124 Å². The largest absolute Gasteiger partial charge is 0.469 e. The molecule has 0 fully saturated rings. The Morgan fingerprint density at radius 2 is 2.10 bits per heavy atom. The van der Waals surface area contributed by atoms with E-state index in [1.54, 1.807) is 25.1 Å². The number of methoxy groups -OCH3 is 1. The molecular formula is C15H22FN3O2. The van der Waals surface area contributed by atoms with E-state index >= 15 is 0 Å². The third kappa shape index (κ3) is 5.81. The van der Waals surface area contributed by atoms with Crippen LogP contribution in [0.1, 0.15) is 19.4 Å². The van der Waals surface area contributed by atoms with E-state index in [0.717, 1.165) is 0 Å². The van der Waals surface area contributed by atoms with E-state index in [0.29, 0.717) is 24.6 Å². The van der Waals surface area contributed by atoms with Crippen molar-refractivity contribution in [2.45, 2.75) is 20.4 Å². The second-order valence-corrected chi connectivity index (χ2v) is 4.59. The highest BCUT2D eigenvalue weighted by Gasteiger charge is 2.13. The molecule has 0 saturated carbocycles. The number of hydrogen-bond donors (Lipinski definition) is 2. The van der Waals surface area contributed by atoms with Crippen LogP contribution in [-0.2, 0) is 16.1 Å². The molecule has 0 bridgehead atoms. The topological polar surface area (TPSA) is 62.7 Å². The van der Waals surface area contributed by atoms with Crippen LogP contribution >= 0.6 is 0 Å². The Morgan fingerprint density at radius 1 is 1.38 bits per heavy atom. The second-order valence-electron chi connectivity index (χ2n) is 4.59. The molecule has 1 aromatic carbocycles. The quantitative estimate of drug-likeness (QED) is 0.476. The molecule has 0 saturated heterocycles. The Morgan fingerprint density at radius 3 is 2.71 bits per heavy atom. The van der Waals surface area contributed by atoms with Crippen molar-refractivity contribution < 1.29 is 13.9 Å². The molecule has 0 aliphatic heterocycles. The normalized spacial score (nSPS) is 12.7. The first-order chi connectivity index (χ1) is 10.1. The summed E-state index contributed by atoms with van der Waals surface area (Å²) in [7, 11) is 1.36. The van der Waals surface area contributed by atoms with Gasteiger partial charge in [-0.05, 0) is 13.0 Å². The highest BCUT2D eigenvalue weighted by molar-refractivity contribution is 5.80. The van der Waals surface area contributed by atoms with Crippen molar-refractivity contribution in [3.8, 4) is 0 Å². The standard InChI is InChI=1S/C15H22FN3O2/c1-4-17-15(18-9-11(2)14(20)21-3)19-10-12-7-5-6-8-13(12)16/h5-8,11H,4,9-10H2,1-3H3,(H2,17,18,19). The van der Waals surface area contributed by atoms with Gasteiger partial charge in [0, 0.05) is 18.7 Å². The molecule has 1 unspecified atom stereocenters. The summed E-state index contributed by atoms with van der Waals surface area (Å²) >= 11 is 0. The van der Waals surface area contributed by atoms with Gasteiger partial charge in [-0.15, -0.1) is 0 Å². The molecule has 21 heavy (non-hydrogen) atoms. The van der Waals surface area contributed by atoms with Crippen LogP contribution in [0.5, 0.6) is 0 Å². The SMILES string of the molecule is CCNC(=NCc1ccccc1F)NCC(C)C(=O)OC. The minimum absolute atomic E-state index is 0.231. The number of nitrogens with one attached hydrogen (secondary N) is 2. The van der Waals surface area contributed by atoms with Crippen molar-refractivity contribution in [1.29, 1.82) is 0 Å². The lowest BCUT2D eigenvalue weighted by molar-refractivity contribution is -0.144. The fourth-order valence-corrected chi connectivity index (χ4v) is 1.67. The zero-order valence-corrected chi connectivity index (χ0v) is 12.6. The van der Waals surface area contributed by atoms with Crippen molar-refractivity contribution in [3.63, 3.8) is 0 Å². The number of rotatable bonds is 6. The number of carbonyl (C=O) groups excluding carboxylic acids is 1. The molecule has 0 heterocycles. The van der Waals surface area contributed by atoms with E-state index in [1.165, 1.54) is 13.2 Å². The zero-order chi connectivity index (χ0) is 15.7. The molecule has 0 radical (unpaired) electrons. The fraction of sp³-hybridized carbons (Fsp3) is 0.467. The van der Waals surface area contributed by atoms with Crippen LogP contribution < -0.4 is 10.6 Å².